The van der Waals surface area contributed by atoms with E-state index in [1.165, 1.54) is 70.9 Å². The van der Waals surface area contributed by atoms with Crippen LogP contribution in [-0.4, -0.2) is 42.3 Å². The second kappa shape index (κ2) is 6.11. The van der Waals surface area contributed by atoms with E-state index in [2.05, 4.69) is 4.90 Å². The molecule has 2 atom stereocenters. The van der Waals surface area contributed by atoms with E-state index >= 15 is 0 Å². The van der Waals surface area contributed by atoms with Crippen molar-refractivity contribution in [1.82, 2.24) is 4.90 Å². The van der Waals surface area contributed by atoms with Gasteiger partial charge in [0.2, 0.25) is 0 Å². The van der Waals surface area contributed by atoms with Crippen LogP contribution in [0.3, 0.4) is 0 Å². The van der Waals surface area contributed by atoms with Crippen LogP contribution in [0.15, 0.2) is 0 Å². The fourth-order valence-corrected chi connectivity index (χ4v) is 4.58. The van der Waals surface area contributed by atoms with E-state index in [9.17, 15) is 0 Å². The summed E-state index contributed by atoms with van der Waals surface area (Å²) in [7, 11) is 0. The van der Waals surface area contributed by atoms with Gasteiger partial charge in [0.05, 0.1) is 6.10 Å². The lowest BCUT2D eigenvalue weighted by Gasteiger charge is -2.44. The van der Waals surface area contributed by atoms with Crippen LogP contribution in [-0.2, 0) is 4.74 Å². The minimum Gasteiger partial charge on any atom is -0.378 e. The first-order valence-electron chi connectivity index (χ1n) is 8.43. The van der Waals surface area contributed by atoms with Gasteiger partial charge in [0.25, 0.3) is 0 Å². The van der Waals surface area contributed by atoms with Gasteiger partial charge in [-0.3, -0.25) is 4.90 Å². The molecule has 3 nitrogen and oxygen atoms in total. The van der Waals surface area contributed by atoms with E-state index in [0.29, 0.717) is 17.7 Å². The van der Waals surface area contributed by atoms with Gasteiger partial charge in [-0.05, 0) is 64.5 Å². The Hall–Kier alpha value is -0.120. The number of likely N-dealkylation sites (tertiary alicyclic amines) is 1. The maximum atomic E-state index is 6.67. The summed E-state index contributed by atoms with van der Waals surface area (Å²) in [5, 5.41) is 0. The first kappa shape index (κ1) is 13.8. The van der Waals surface area contributed by atoms with Crippen molar-refractivity contribution in [3.8, 4) is 0 Å². The maximum absolute atomic E-state index is 6.67. The van der Waals surface area contributed by atoms with Crippen molar-refractivity contribution < 1.29 is 4.74 Å². The van der Waals surface area contributed by atoms with Crippen LogP contribution < -0.4 is 5.73 Å². The highest BCUT2D eigenvalue weighted by molar-refractivity contribution is 5.03. The molecule has 0 bridgehead atoms. The number of hydrogen-bond donors (Lipinski definition) is 1. The third-order valence-corrected chi connectivity index (χ3v) is 5.72. The summed E-state index contributed by atoms with van der Waals surface area (Å²) in [6.45, 7) is 3.54. The highest BCUT2D eigenvalue weighted by Crippen LogP contribution is 2.40. The molecule has 1 aliphatic carbocycles. The van der Waals surface area contributed by atoms with Gasteiger partial charge >= 0.3 is 0 Å². The molecule has 0 spiro atoms. The van der Waals surface area contributed by atoms with Crippen molar-refractivity contribution in [3.63, 3.8) is 0 Å². The number of hydrogen-bond acceptors (Lipinski definition) is 3. The molecule has 2 heterocycles. The largest absolute Gasteiger partial charge is 0.378 e. The highest BCUT2D eigenvalue weighted by Gasteiger charge is 2.44. The van der Waals surface area contributed by atoms with Crippen molar-refractivity contribution >= 4 is 0 Å². The average Bonchev–Trinajstić information content (AvgIpc) is 3.15. The first-order chi connectivity index (χ1) is 9.31. The molecule has 0 aromatic rings. The minimum absolute atomic E-state index is 0.342. The smallest absolute Gasteiger partial charge is 0.0576 e. The molecular weight excluding hydrogens is 236 g/mol. The summed E-state index contributed by atoms with van der Waals surface area (Å²) >= 11 is 0. The monoisotopic (exact) mass is 266 g/mol. The molecular formula is C16H30N2O. The van der Waals surface area contributed by atoms with Gasteiger partial charge in [0, 0.05) is 18.2 Å². The Morgan fingerprint density at radius 3 is 2.47 bits per heavy atom. The predicted molar refractivity (Wildman–Crippen MR) is 78.2 cm³/mol. The van der Waals surface area contributed by atoms with Crippen LogP contribution in [0.1, 0.15) is 64.2 Å². The van der Waals surface area contributed by atoms with E-state index in [-0.39, 0.29) is 0 Å². The summed E-state index contributed by atoms with van der Waals surface area (Å²) < 4.78 is 5.76. The Morgan fingerprint density at radius 1 is 1.11 bits per heavy atom. The maximum Gasteiger partial charge on any atom is 0.0576 e. The normalized spacial score (nSPS) is 33.0. The zero-order valence-electron chi connectivity index (χ0n) is 12.3. The van der Waals surface area contributed by atoms with Gasteiger partial charge in [0.1, 0.15) is 0 Å². The Bertz CT molecular complexity index is 276. The quantitative estimate of drug-likeness (QED) is 0.831. The molecule has 0 aromatic carbocycles. The molecule has 2 saturated heterocycles. The van der Waals surface area contributed by atoms with Crippen LogP contribution in [0.2, 0.25) is 0 Å². The molecule has 110 valence electrons. The second-order valence-corrected chi connectivity index (χ2v) is 6.82. The third-order valence-electron chi connectivity index (χ3n) is 5.72. The molecule has 3 rings (SSSR count). The number of nitrogens with zero attached hydrogens (tertiary/aromatic N) is 1. The van der Waals surface area contributed by atoms with Crippen molar-refractivity contribution in [2.24, 2.45) is 5.73 Å². The molecule has 19 heavy (non-hydrogen) atoms. The molecule has 3 fully saturated rings. The summed E-state index contributed by atoms with van der Waals surface area (Å²) in [6, 6.07) is 0.359. The van der Waals surface area contributed by atoms with Crippen LogP contribution >= 0.6 is 0 Å². The van der Waals surface area contributed by atoms with E-state index in [0.717, 1.165) is 13.0 Å². The van der Waals surface area contributed by atoms with E-state index in [4.69, 9.17) is 10.5 Å². The number of rotatable bonds is 5. The number of ether oxygens (including phenoxy) is 1. The standard InChI is InChI=1S/C16H30N2O/c17-15(8-7-14-6-5-13-19-14)16(9-1-2-10-16)18-11-3-4-12-18/h14-15H,1-13,17H2. The van der Waals surface area contributed by atoms with Crippen LogP contribution in [0.5, 0.6) is 0 Å². The second-order valence-electron chi connectivity index (χ2n) is 6.82. The molecule has 2 unspecified atom stereocenters. The summed E-state index contributed by atoms with van der Waals surface area (Å²) in [4.78, 5) is 2.74. The SMILES string of the molecule is NC(CCC1CCCO1)C1(N2CCCC2)CCCC1. The fourth-order valence-electron chi connectivity index (χ4n) is 4.58. The molecule has 2 N–H and O–H groups in total. The molecule has 2 aliphatic heterocycles. The number of nitrogens with two attached hydrogens (primary N) is 1. The lowest BCUT2D eigenvalue weighted by molar-refractivity contribution is 0.0679. The van der Waals surface area contributed by atoms with E-state index < -0.39 is 0 Å². The zero-order chi connectivity index (χ0) is 13.1. The van der Waals surface area contributed by atoms with Crippen molar-refractivity contribution in [1.29, 1.82) is 0 Å². The Labute approximate surface area is 117 Å². The van der Waals surface area contributed by atoms with Crippen LogP contribution in [0, 0.1) is 0 Å². The fraction of sp³-hybridized carbons (Fsp3) is 1.00. The van der Waals surface area contributed by atoms with Crippen molar-refractivity contribution in [2.75, 3.05) is 19.7 Å². The lowest BCUT2D eigenvalue weighted by atomic mass is 9.83. The van der Waals surface area contributed by atoms with Gasteiger partial charge in [-0.1, -0.05) is 12.8 Å². The molecule has 3 heteroatoms. The van der Waals surface area contributed by atoms with Gasteiger partial charge < -0.3 is 10.5 Å². The van der Waals surface area contributed by atoms with E-state index in [1.807, 2.05) is 0 Å². The van der Waals surface area contributed by atoms with Gasteiger partial charge in [-0.25, -0.2) is 0 Å². The van der Waals surface area contributed by atoms with Crippen LogP contribution in [0.4, 0.5) is 0 Å². The highest BCUT2D eigenvalue weighted by atomic mass is 16.5. The van der Waals surface area contributed by atoms with Crippen LogP contribution in [0.25, 0.3) is 0 Å². The molecule has 0 radical (unpaired) electrons. The van der Waals surface area contributed by atoms with Gasteiger partial charge in [0.15, 0.2) is 0 Å². The summed E-state index contributed by atoms with van der Waals surface area (Å²) in [6.07, 6.45) is 13.5. The third kappa shape index (κ3) is 2.84. The summed E-state index contributed by atoms with van der Waals surface area (Å²) in [5.74, 6) is 0. The van der Waals surface area contributed by atoms with Crippen molar-refractivity contribution in [2.45, 2.75) is 81.9 Å². The van der Waals surface area contributed by atoms with Gasteiger partial charge in [-0.15, -0.1) is 0 Å². The molecule has 3 aliphatic rings. The topological polar surface area (TPSA) is 38.5 Å². The molecule has 0 aromatic heterocycles. The predicted octanol–water partition coefficient (Wildman–Crippen LogP) is 2.68. The van der Waals surface area contributed by atoms with E-state index in [1.54, 1.807) is 0 Å². The minimum atomic E-state index is 0.342. The summed E-state index contributed by atoms with van der Waals surface area (Å²) in [5.41, 5.74) is 7.02. The van der Waals surface area contributed by atoms with Gasteiger partial charge in [-0.2, -0.15) is 0 Å². The molecule has 0 amide bonds. The van der Waals surface area contributed by atoms with Crippen molar-refractivity contribution in [3.05, 3.63) is 0 Å². The molecule has 1 saturated carbocycles. The zero-order valence-corrected chi connectivity index (χ0v) is 12.3. The Morgan fingerprint density at radius 2 is 1.84 bits per heavy atom. The first-order valence-corrected chi connectivity index (χ1v) is 8.43. The average molecular weight is 266 g/mol. The Kier molecular flexibility index (Phi) is 4.45. The Balaban J connectivity index is 1.58. The lowest BCUT2D eigenvalue weighted by Crippen LogP contribution is -2.57.